The molecule has 0 aromatic carbocycles. The molecule has 0 saturated carbocycles. The molecule has 32 heavy (non-hydrogen) atoms. The monoisotopic (exact) mass is 582 g/mol. The molecule has 11 heteroatoms. The van der Waals surface area contributed by atoms with Gasteiger partial charge in [0.2, 0.25) is 0 Å². The quantitative estimate of drug-likeness (QED) is 0.388. The molecule has 0 radical (unpaired) electrons. The predicted molar refractivity (Wildman–Crippen MR) is 146 cm³/mol. The van der Waals surface area contributed by atoms with Gasteiger partial charge in [-0.15, -0.1) is 35.3 Å². The Morgan fingerprint density at radius 2 is 1.47 bits per heavy atom. The summed E-state index contributed by atoms with van der Waals surface area (Å²) in [7, 11) is 3.78. The predicted octanol–water partition coefficient (Wildman–Crippen LogP) is 3.44. The van der Waals surface area contributed by atoms with Crippen LogP contribution in [-0.4, -0.2) is 89.1 Å². The van der Waals surface area contributed by atoms with Crippen LogP contribution >= 0.6 is 63.0 Å². The lowest BCUT2D eigenvalue weighted by molar-refractivity contribution is -0.105. The van der Waals surface area contributed by atoms with E-state index in [1.807, 2.05) is 19.2 Å². The zero-order valence-electron chi connectivity index (χ0n) is 17.3. The average molecular weight is 584 g/mol. The third-order valence-electron chi connectivity index (χ3n) is 4.36. The summed E-state index contributed by atoms with van der Waals surface area (Å²) in [6.45, 7) is 1.76. The van der Waals surface area contributed by atoms with Gasteiger partial charge in [0.1, 0.15) is 0 Å². The van der Waals surface area contributed by atoms with Crippen LogP contribution in [0.5, 0.6) is 0 Å². The molecular formula is C21H31BrN2O4S4. The second-order valence-electron chi connectivity index (χ2n) is 6.65. The highest BCUT2D eigenvalue weighted by Gasteiger charge is 2.34. The molecule has 0 aromatic rings. The van der Waals surface area contributed by atoms with E-state index in [-0.39, 0.29) is 20.6 Å². The zero-order chi connectivity index (χ0) is 22.8. The molecule has 4 heterocycles. The molecule has 3 N–H and O–H groups in total. The van der Waals surface area contributed by atoms with E-state index in [0.717, 1.165) is 22.4 Å². The number of likely N-dealkylation sites (N-methyl/N-ethyl adjacent to an activating group) is 2. The molecule has 4 rings (SSSR count). The van der Waals surface area contributed by atoms with Gasteiger partial charge in [0.15, 0.2) is 12.6 Å². The summed E-state index contributed by atoms with van der Waals surface area (Å²) >= 11 is 10.3. The lowest BCUT2D eigenvalue weighted by Crippen LogP contribution is -2.19. The first-order valence-corrected chi connectivity index (χ1v) is 13.9. The maximum atomic E-state index is 10.6. The molecule has 0 fully saturated rings. The fourth-order valence-corrected chi connectivity index (χ4v) is 9.09. The van der Waals surface area contributed by atoms with E-state index in [2.05, 4.69) is 38.3 Å². The van der Waals surface area contributed by atoms with E-state index < -0.39 is 0 Å². The molecule has 0 amide bonds. The van der Waals surface area contributed by atoms with Crippen LogP contribution in [0.15, 0.2) is 43.0 Å². The number of aliphatic hydroxyl groups is 2. The molecule has 4 unspecified atom stereocenters. The summed E-state index contributed by atoms with van der Waals surface area (Å²) < 4.78 is 1.20. The van der Waals surface area contributed by atoms with Gasteiger partial charge < -0.3 is 20.4 Å². The summed E-state index contributed by atoms with van der Waals surface area (Å²) in [5.74, 6) is 0. The maximum absolute atomic E-state index is 10.6. The number of halogens is 1. The second-order valence-corrected chi connectivity index (χ2v) is 13.0. The minimum atomic E-state index is 0. The van der Waals surface area contributed by atoms with Crippen LogP contribution in [0.25, 0.3) is 0 Å². The highest BCUT2D eigenvalue weighted by Crippen LogP contribution is 2.49. The number of carbonyl (C=O) groups excluding carboxylic acids is 2. The number of aliphatic hydroxyl groups excluding tert-OH is 2. The molecular weight excluding hydrogens is 552 g/mol. The third kappa shape index (κ3) is 8.90. The Morgan fingerprint density at radius 1 is 0.938 bits per heavy atom. The van der Waals surface area contributed by atoms with E-state index in [0.29, 0.717) is 34.1 Å². The summed E-state index contributed by atoms with van der Waals surface area (Å²) in [6.07, 6.45) is 10.3. The fraction of sp³-hybridized carbons (Fsp3) is 0.524. The fourth-order valence-electron chi connectivity index (χ4n) is 2.84. The number of allylic oxidation sites excluding steroid dienone is 2. The number of nitrogens with zero attached hydrogens (tertiary/aromatic N) is 1. The number of rotatable bonds is 7. The minimum absolute atomic E-state index is 0. The number of fused-ring (bicyclic) bond motifs is 2. The van der Waals surface area contributed by atoms with Gasteiger partial charge in [-0.05, 0) is 35.1 Å². The summed E-state index contributed by atoms with van der Waals surface area (Å²) in [6, 6.07) is 0. The summed E-state index contributed by atoms with van der Waals surface area (Å²) in [4.78, 5) is 24.8. The summed E-state index contributed by atoms with van der Waals surface area (Å²) in [5.41, 5.74) is 0. The molecule has 0 aliphatic carbocycles. The molecule has 180 valence electrons. The first-order chi connectivity index (χ1) is 14.9. The van der Waals surface area contributed by atoms with Crippen LogP contribution < -0.4 is 5.32 Å². The number of nitrogens with one attached hydrogen (secondary N) is 1. The smallest absolute Gasteiger partial charge is 0.156 e. The van der Waals surface area contributed by atoms with Crippen molar-refractivity contribution in [1.82, 2.24) is 10.2 Å². The Bertz CT molecular complexity index is 758. The van der Waals surface area contributed by atoms with Crippen molar-refractivity contribution in [2.45, 2.75) is 28.4 Å². The topological polar surface area (TPSA) is 89.9 Å². The van der Waals surface area contributed by atoms with Crippen molar-refractivity contribution in [1.29, 1.82) is 0 Å². The number of carbonyl (C=O) groups is 2. The highest BCUT2D eigenvalue weighted by molar-refractivity contribution is 9.14. The Hall–Kier alpha value is -0.140. The van der Waals surface area contributed by atoms with Crippen LogP contribution in [0, 0.1) is 0 Å². The van der Waals surface area contributed by atoms with E-state index in [1.165, 1.54) is 8.84 Å². The number of thioether (sulfide) groups is 4. The van der Waals surface area contributed by atoms with E-state index >= 15 is 0 Å². The van der Waals surface area contributed by atoms with E-state index in [1.54, 1.807) is 54.1 Å². The second kappa shape index (κ2) is 15.7. The summed E-state index contributed by atoms with van der Waals surface area (Å²) in [5, 5.41) is 22.6. The van der Waals surface area contributed by atoms with Gasteiger partial charge in [0, 0.05) is 54.8 Å². The zero-order valence-corrected chi connectivity index (χ0v) is 22.1. The molecule has 0 bridgehead atoms. The van der Waals surface area contributed by atoms with Crippen LogP contribution in [0.2, 0.25) is 0 Å². The number of hydrogen-bond acceptors (Lipinski definition) is 10. The highest BCUT2D eigenvalue weighted by atomic mass is 79.9. The van der Waals surface area contributed by atoms with E-state index in [9.17, 15) is 9.59 Å². The van der Waals surface area contributed by atoms with Gasteiger partial charge in [-0.2, -0.15) is 0 Å². The average Bonchev–Trinajstić information content (AvgIpc) is 3.48. The van der Waals surface area contributed by atoms with Crippen molar-refractivity contribution in [3.05, 3.63) is 43.0 Å². The molecule has 4 aliphatic heterocycles. The van der Waals surface area contributed by atoms with Crippen LogP contribution in [0.3, 0.4) is 0 Å². The Balaban J connectivity index is 0.000000266. The Kier molecular flexibility index (Phi) is 14.7. The molecule has 0 aromatic heterocycles. The molecule has 6 nitrogen and oxygen atoms in total. The van der Waals surface area contributed by atoms with Crippen molar-refractivity contribution in [3.63, 3.8) is 0 Å². The van der Waals surface area contributed by atoms with Crippen LogP contribution in [0.1, 0.15) is 7.43 Å². The first-order valence-electron chi connectivity index (χ1n) is 9.62. The van der Waals surface area contributed by atoms with Crippen LogP contribution in [-0.2, 0) is 9.59 Å². The Labute approximate surface area is 216 Å². The maximum Gasteiger partial charge on any atom is 0.156 e. The van der Waals surface area contributed by atoms with Gasteiger partial charge in [0.25, 0.3) is 0 Å². The van der Waals surface area contributed by atoms with Gasteiger partial charge in [-0.1, -0.05) is 31.3 Å². The minimum Gasteiger partial charge on any atom is -0.395 e. The Morgan fingerprint density at radius 3 is 1.88 bits per heavy atom. The van der Waals surface area contributed by atoms with Crippen molar-refractivity contribution in [2.24, 2.45) is 0 Å². The molecule has 0 saturated heterocycles. The van der Waals surface area contributed by atoms with Crippen LogP contribution in [0.4, 0.5) is 0 Å². The van der Waals surface area contributed by atoms with Gasteiger partial charge in [-0.25, -0.2) is 0 Å². The lowest BCUT2D eigenvalue weighted by atomic mass is 10.3. The normalized spacial score (nSPS) is 26.5. The lowest BCUT2D eigenvalue weighted by Gasteiger charge is -2.18. The van der Waals surface area contributed by atoms with Crippen molar-refractivity contribution in [3.8, 4) is 0 Å². The van der Waals surface area contributed by atoms with Gasteiger partial charge >= 0.3 is 0 Å². The molecule has 0 spiro atoms. The largest absolute Gasteiger partial charge is 0.395 e. The molecule has 4 atom stereocenters. The SMILES string of the molecule is C.CN(CCO)C1=CC2SC(C=O)=CC2S1.CNCCO.O=CC1=CC2SC(Br)=CC2S1. The van der Waals surface area contributed by atoms with E-state index in [4.69, 9.17) is 10.2 Å². The number of aldehydes is 2. The number of hydrogen-bond donors (Lipinski definition) is 3. The van der Waals surface area contributed by atoms with Crippen molar-refractivity contribution < 1.29 is 19.8 Å². The third-order valence-corrected chi connectivity index (χ3v) is 10.4. The van der Waals surface area contributed by atoms with Gasteiger partial charge in [-0.3, -0.25) is 9.59 Å². The van der Waals surface area contributed by atoms with Crippen molar-refractivity contribution >= 4 is 75.5 Å². The van der Waals surface area contributed by atoms with Crippen molar-refractivity contribution in [2.75, 3.05) is 40.4 Å². The standard InChI is InChI=1S/C10H13NO2S2.C7H5BrOS2.C3H9NO.CH4/c1-11(2-3-12)10-5-9-8(15-10)4-7(6-13)14-9;8-7-2-6-5(11-7)1-4(3-9)10-6;1-4-2-3-5;/h4-6,8-9,12H,2-3H2,1H3;1-3,5-6H;4-5H,2-3H2,1H3;1H4. The first kappa shape index (κ1) is 29.9. The molecule has 4 aliphatic rings. The van der Waals surface area contributed by atoms with Gasteiger partial charge in [0.05, 0.1) is 18.2 Å².